The molecule has 1 aromatic heterocycles. The molecule has 142 valence electrons. The number of sulfone groups is 1. The lowest BCUT2D eigenvalue weighted by Gasteiger charge is -2.35. The lowest BCUT2D eigenvalue weighted by Crippen LogP contribution is -2.53. The van der Waals surface area contributed by atoms with Crippen molar-refractivity contribution < 1.29 is 13.2 Å². The van der Waals surface area contributed by atoms with Gasteiger partial charge in [0.15, 0.2) is 15.8 Å². The number of aromatic nitrogens is 1. The zero-order valence-electron chi connectivity index (χ0n) is 15.3. The van der Waals surface area contributed by atoms with E-state index in [1.807, 2.05) is 0 Å². The molecule has 0 radical (unpaired) electrons. The average molecular weight is 389 g/mol. The van der Waals surface area contributed by atoms with E-state index in [-0.39, 0.29) is 0 Å². The van der Waals surface area contributed by atoms with Crippen LogP contribution in [0.1, 0.15) is 43.3 Å². The standard InChI is InChI=1S/C16H28N4O3S2/c1-12(2)13-10-24-14(20-13)9-18-15(17-3)19-11-16(25(4,21)22)5-7-23-8-6-16/h10,12H,5-9,11H2,1-4H3,(H2,17,18,19). The molecule has 1 aliphatic heterocycles. The van der Waals surface area contributed by atoms with Gasteiger partial charge in [0.25, 0.3) is 0 Å². The summed E-state index contributed by atoms with van der Waals surface area (Å²) in [6.45, 7) is 6.06. The van der Waals surface area contributed by atoms with Gasteiger partial charge in [-0.1, -0.05) is 13.8 Å². The Hall–Kier alpha value is -1.19. The number of guanidine groups is 1. The number of rotatable bonds is 6. The quantitative estimate of drug-likeness (QED) is 0.567. The molecule has 0 spiro atoms. The van der Waals surface area contributed by atoms with Gasteiger partial charge >= 0.3 is 0 Å². The minimum atomic E-state index is -3.20. The molecule has 1 saturated heterocycles. The molecule has 25 heavy (non-hydrogen) atoms. The van der Waals surface area contributed by atoms with E-state index >= 15 is 0 Å². The molecule has 1 fully saturated rings. The molecule has 0 aliphatic carbocycles. The highest BCUT2D eigenvalue weighted by Gasteiger charge is 2.42. The molecule has 0 atom stereocenters. The fourth-order valence-electron chi connectivity index (χ4n) is 2.72. The van der Waals surface area contributed by atoms with Gasteiger partial charge in [-0.3, -0.25) is 4.99 Å². The third-order valence-corrected chi connectivity index (χ3v) is 7.55. The molecular weight excluding hydrogens is 360 g/mol. The average Bonchev–Trinajstić information content (AvgIpc) is 3.04. The topological polar surface area (TPSA) is 92.7 Å². The lowest BCUT2D eigenvalue weighted by atomic mass is 9.99. The highest BCUT2D eigenvalue weighted by molar-refractivity contribution is 7.92. The van der Waals surface area contributed by atoms with Crippen molar-refractivity contribution in [1.29, 1.82) is 0 Å². The Morgan fingerprint density at radius 1 is 1.40 bits per heavy atom. The maximum atomic E-state index is 12.3. The van der Waals surface area contributed by atoms with Crippen molar-refractivity contribution in [3.63, 3.8) is 0 Å². The third kappa shape index (κ3) is 5.15. The summed E-state index contributed by atoms with van der Waals surface area (Å²) in [6, 6.07) is 0. The number of thiazole rings is 1. The van der Waals surface area contributed by atoms with Crippen molar-refractivity contribution in [2.24, 2.45) is 4.99 Å². The monoisotopic (exact) mass is 388 g/mol. The SMILES string of the molecule is CN=C(NCc1nc(C(C)C)cs1)NCC1(S(C)(=O)=O)CCOCC1. The van der Waals surface area contributed by atoms with Crippen molar-refractivity contribution in [3.8, 4) is 0 Å². The number of ether oxygens (including phenoxy) is 1. The van der Waals surface area contributed by atoms with E-state index in [1.165, 1.54) is 6.26 Å². The Morgan fingerprint density at radius 3 is 2.60 bits per heavy atom. The van der Waals surface area contributed by atoms with Crippen LogP contribution in [-0.4, -0.2) is 57.2 Å². The largest absolute Gasteiger partial charge is 0.381 e. The van der Waals surface area contributed by atoms with Crippen molar-refractivity contribution in [2.75, 3.05) is 33.1 Å². The molecule has 0 aromatic carbocycles. The van der Waals surface area contributed by atoms with Crippen LogP contribution in [0.4, 0.5) is 0 Å². The minimum absolute atomic E-state index is 0.323. The van der Waals surface area contributed by atoms with Gasteiger partial charge in [-0.05, 0) is 18.8 Å². The summed E-state index contributed by atoms with van der Waals surface area (Å²) < 4.78 is 29.1. The Morgan fingerprint density at radius 2 is 2.08 bits per heavy atom. The van der Waals surface area contributed by atoms with Gasteiger partial charge in [0, 0.05) is 38.4 Å². The van der Waals surface area contributed by atoms with Crippen LogP contribution < -0.4 is 10.6 Å². The zero-order valence-corrected chi connectivity index (χ0v) is 17.0. The van der Waals surface area contributed by atoms with E-state index in [4.69, 9.17) is 4.74 Å². The third-order valence-electron chi connectivity index (χ3n) is 4.56. The van der Waals surface area contributed by atoms with Gasteiger partial charge in [-0.2, -0.15) is 0 Å². The number of aliphatic imine (C=N–C) groups is 1. The highest BCUT2D eigenvalue weighted by atomic mass is 32.2. The number of nitrogens with one attached hydrogen (secondary N) is 2. The molecule has 2 N–H and O–H groups in total. The number of hydrogen-bond donors (Lipinski definition) is 2. The van der Waals surface area contributed by atoms with Gasteiger partial charge in [0.1, 0.15) is 5.01 Å². The van der Waals surface area contributed by atoms with Crippen molar-refractivity contribution in [1.82, 2.24) is 15.6 Å². The summed E-state index contributed by atoms with van der Waals surface area (Å²) in [5.74, 6) is 0.987. The Balaban J connectivity index is 1.94. The van der Waals surface area contributed by atoms with Gasteiger partial charge in [0.05, 0.1) is 17.0 Å². The zero-order chi connectivity index (χ0) is 18.5. The summed E-state index contributed by atoms with van der Waals surface area (Å²) >= 11 is 1.61. The predicted octanol–water partition coefficient (Wildman–Crippen LogP) is 1.53. The Labute approximate surface area is 154 Å². The van der Waals surface area contributed by atoms with Crippen LogP contribution >= 0.6 is 11.3 Å². The molecule has 0 bridgehead atoms. The van der Waals surface area contributed by atoms with Gasteiger partial charge in [0.2, 0.25) is 0 Å². The summed E-state index contributed by atoms with van der Waals surface area (Å²) in [6.07, 6.45) is 2.30. The van der Waals surface area contributed by atoms with Gasteiger partial charge in [-0.15, -0.1) is 11.3 Å². The Bertz CT molecular complexity index is 692. The molecule has 0 unspecified atom stereocenters. The molecule has 0 saturated carbocycles. The van der Waals surface area contributed by atoms with Crippen LogP contribution in [0, 0.1) is 0 Å². The van der Waals surface area contributed by atoms with Crippen molar-refractivity contribution in [2.45, 2.75) is 43.9 Å². The second kappa shape index (κ2) is 8.46. The number of hydrogen-bond acceptors (Lipinski definition) is 6. The van der Waals surface area contributed by atoms with Crippen LogP contribution in [0.25, 0.3) is 0 Å². The molecule has 9 heteroatoms. The molecule has 1 aromatic rings. The Kier molecular flexibility index (Phi) is 6.81. The van der Waals surface area contributed by atoms with Gasteiger partial charge in [-0.25, -0.2) is 13.4 Å². The number of nitrogens with zero attached hydrogens (tertiary/aromatic N) is 2. The van der Waals surface area contributed by atoms with E-state index in [2.05, 4.69) is 39.8 Å². The van der Waals surface area contributed by atoms with E-state index < -0.39 is 14.6 Å². The van der Waals surface area contributed by atoms with Crippen LogP contribution in [-0.2, 0) is 21.1 Å². The summed E-state index contributed by atoms with van der Waals surface area (Å²) in [5.41, 5.74) is 1.09. The predicted molar refractivity (Wildman–Crippen MR) is 102 cm³/mol. The van der Waals surface area contributed by atoms with Crippen LogP contribution in [0.5, 0.6) is 0 Å². The van der Waals surface area contributed by atoms with E-state index in [9.17, 15) is 8.42 Å². The van der Waals surface area contributed by atoms with E-state index in [1.54, 1.807) is 18.4 Å². The van der Waals surface area contributed by atoms with Crippen LogP contribution in [0.3, 0.4) is 0 Å². The van der Waals surface area contributed by atoms with Crippen LogP contribution in [0.2, 0.25) is 0 Å². The van der Waals surface area contributed by atoms with E-state index in [0.29, 0.717) is 51.0 Å². The first-order chi connectivity index (χ1) is 11.8. The summed E-state index contributed by atoms with van der Waals surface area (Å²) in [5, 5.41) is 9.42. The highest BCUT2D eigenvalue weighted by Crippen LogP contribution is 2.28. The van der Waals surface area contributed by atoms with Gasteiger partial charge < -0.3 is 15.4 Å². The van der Waals surface area contributed by atoms with Crippen molar-refractivity contribution in [3.05, 3.63) is 16.1 Å². The smallest absolute Gasteiger partial charge is 0.191 e. The van der Waals surface area contributed by atoms with E-state index in [0.717, 1.165) is 10.7 Å². The molecule has 7 nitrogen and oxygen atoms in total. The second-order valence-corrected chi connectivity index (χ2v) is 10.0. The first kappa shape index (κ1) is 20.1. The minimum Gasteiger partial charge on any atom is -0.381 e. The molecular formula is C16H28N4O3S2. The fourth-order valence-corrected chi connectivity index (χ4v) is 4.86. The molecule has 0 amide bonds. The molecule has 1 aliphatic rings. The van der Waals surface area contributed by atoms with Crippen LogP contribution in [0.15, 0.2) is 10.4 Å². The fraction of sp³-hybridized carbons (Fsp3) is 0.750. The maximum absolute atomic E-state index is 12.3. The normalized spacial score (nSPS) is 18.4. The second-order valence-electron chi connectivity index (χ2n) is 6.67. The summed E-state index contributed by atoms with van der Waals surface area (Å²) in [4.78, 5) is 8.77. The molecule has 2 rings (SSSR count). The first-order valence-electron chi connectivity index (χ1n) is 8.43. The first-order valence-corrected chi connectivity index (χ1v) is 11.2. The van der Waals surface area contributed by atoms with Crippen molar-refractivity contribution >= 4 is 27.1 Å². The lowest BCUT2D eigenvalue weighted by molar-refractivity contribution is 0.0756. The summed E-state index contributed by atoms with van der Waals surface area (Å²) in [7, 11) is -1.53. The molecule has 2 heterocycles. The maximum Gasteiger partial charge on any atom is 0.191 e.